The normalized spacial score (nSPS) is 11.5. The molecular weight excluding hydrogens is 372 g/mol. The van der Waals surface area contributed by atoms with E-state index in [1.165, 1.54) is 16.7 Å². The largest absolute Gasteiger partial charge is 2.00 e. The molecule has 0 aliphatic heterocycles. The average molecular weight is 404 g/mol. The fraction of sp³-hybridized carbons (Fsp3) is 0.474. The molecule has 0 spiro atoms. The van der Waals surface area contributed by atoms with Crippen molar-refractivity contribution in [2.24, 2.45) is 0 Å². The summed E-state index contributed by atoms with van der Waals surface area (Å²) in [5, 5.41) is 0. The van der Waals surface area contributed by atoms with Crippen LogP contribution in [0.1, 0.15) is 16.7 Å². The zero-order chi connectivity index (χ0) is 17.5. The van der Waals surface area contributed by atoms with E-state index in [9.17, 15) is 0 Å². The van der Waals surface area contributed by atoms with Crippen molar-refractivity contribution >= 4 is 16.6 Å². The van der Waals surface area contributed by atoms with Crippen LogP contribution in [-0.4, -0.2) is 16.6 Å². The van der Waals surface area contributed by atoms with Crippen LogP contribution >= 0.6 is 0 Å². The smallest absolute Gasteiger partial charge is 0.415 e. The molecule has 2 aromatic carbocycles. The van der Waals surface area contributed by atoms with Gasteiger partial charge in [-0.05, 0) is 39.3 Å². The molecule has 0 heterocycles. The first-order valence-electron chi connectivity index (χ1n) is 8.26. The Morgan fingerprint density at radius 3 is 1.83 bits per heavy atom. The SMILES string of the molecule is C[Si](C)(C)OCc1ccc[cH-]1.Cc1cc[cH-]c1CO[Si](C)(C)C.[Fe+2]. The molecule has 136 valence electrons. The van der Waals surface area contributed by atoms with E-state index in [1.807, 2.05) is 12.1 Å². The minimum absolute atomic E-state index is 0. The van der Waals surface area contributed by atoms with Crippen molar-refractivity contribution in [3.8, 4) is 0 Å². The summed E-state index contributed by atoms with van der Waals surface area (Å²) in [6.45, 7) is 16.9. The Kier molecular flexibility index (Phi) is 10.4. The molecule has 0 fully saturated rings. The Labute approximate surface area is 161 Å². The third kappa shape index (κ3) is 11.2. The maximum atomic E-state index is 5.79. The summed E-state index contributed by atoms with van der Waals surface area (Å²) in [6, 6.07) is 14.6. The van der Waals surface area contributed by atoms with Crippen LogP contribution in [0.3, 0.4) is 0 Å². The molecule has 0 atom stereocenters. The van der Waals surface area contributed by atoms with Gasteiger partial charge in [0.05, 0.1) is 0 Å². The van der Waals surface area contributed by atoms with E-state index >= 15 is 0 Å². The maximum absolute atomic E-state index is 5.79. The monoisotopic (exact) mass is 404 g/mol. The van der Waals surface area contributed by atoms with Gasteiger partial charge in [0.2, 0.25) is 0 Å². The Morgan fingerprint density at radius 1 is 0.833 bits per heavy atom. The van der Waals surface area contributed by atoms with Crippen LogP contribution in [-0.2, 0) is 39.1 Å². The van der Waals surface area contributed by atoms with Gasteiger partial charge in [0, 0.05) is 13.2 Å². The quantitative estimate of drug-likeness (QED) is 0.446. The van der Waals surface area contributed by atoms with Crippen molar-refractivity contribution in [1.29, 1.82) is 0 Å². The molecule has 0 aliphatic carbocycles. The number of aryl methyl sites for hydroxylation is 1. The van der Waals surface area contributed by atoms with Gasteiger partial charge in [-0.2, -0.15) is 29.8 Å². The Balaban J connectivity index is 0.000000425. The van der Waals surface area contributed by atoms with Crippen LogP contribution in [0.4, 0.5) is 0 Å². The van der Waals surface area contributed by atoms with E-state index in [1.54, 1.807) is 0 Å². The van der Waals surface area contributed by atoms with E-state index in [-0.39, 0.29) is 17.1 Å². The van der Waals surface area contributed by atoms with Crippen molar-refractivity contribution in [2.75, 3.05) is 0 Å². The third-order valence-electron chi connectivity index (χ3n) is 3.21. The van der Waals surface area contributed by atoms with Crippen LogP contribution in [0.15, 0.2) is 42.5 Å². The standard InChI is InChI=1S/C10H17OSi.C9H15OSi.Fe/c1-9-6-5-7-10(9)8-11-12(2,3)4;1-11(2,3)10-8-9-6-4-5-7-9;/h5-7H,8H2,1-4H3;4-7H,8H2,1-3H3;/q2*-1;+2. The second-order valence-corrected chi connectivity index (χ2v) is 16.9. The van der Waals surface area contributed by atoms with E-state index in [4.69, 9.17) is 8.85 Å². The molecule has 5 heteroatoms. The topological polar surface area (TPSA) is 18.5 Å². The van der Waals surface area contributed by atoms with Gasteiger partial charge in [0.25, 0.3) is 0 Å². The summed E-state index contributed by atoms with van der Waals surface area (Å²) in [5.74, 6) is 0. The second kappa shape index (κ2) is 10.5. The van der Waals surface area contributed by atoms with Gasteiger partial charge in [0.15, 0.2) is 16.6 Å². The van der Waals surface area contributed by atoms with E-state index in [0.29, 0.717) is 0 Å². The number of rotatable bonds is 6. The van der Waals surface area contributed by atoms with Gasteiger partial charge in [-0.25, -0.2) is 18.2 Å². The van der Waals surface area contributed by atoms with Crippen LogP contribution < -0.4 is 0 Å². The fourth-order valence-electron chi connectivity index (χ4n) is 1.81. The minimum atomic E-state index is -1.34. The molecule has 0 aromatic heterocycles. The Morgan fingerprint density at radius 2 is 1.42 bits per heavy atom. The summed E-state index contributed by atoms with van der Waals surface area (Å²) < 4.78 is 11.5. The molecular formula is C19H32FeO2Si2. The number of hydrogen-bond donors (Lipinski definition) is 0. The van der Waals surface area contributed by atoms with Gasteiger partial charge < -0.3 is 8.85 Å². The summed E-state index contributed by atoms with van der Waals surface area (Å²) in [6.07, 6.45) is 0. The first-order valence-corrected chi connectivity index (χ1v) is 15.1. The summed E-state index contributed by atoms with van der Waals surface area (Å²) in [5.41, 5.74) is 3.96. The van der Waals surface area contributed by atoms with Gasteiger partial charge >= 0.3 is 17.1 Å². The fourth-order valence-corrected chi connectivity index (χ4v) is 3.00. The van der Waals surface area contributed by atoms with Crippen molar-refractivity contribution in [3.63, 3.8) is 0 Å². The summed E-state index contributed by atoms with van der Waals surface area (Å²) >= 11 is 0. The van der Waals surface area contributed by atoms with Gasteiger partial charge in [-0.3, -0.25) is 0 Å². The van der Waals surface area contributed by atoms with Crippen molar-refractivity contribution in [2.45, 2.75) is 59.4 Å². The molecule has 0 saturated heterocycles. The molecule has 0 radical (unpaired) electrons. The van der Waals surface area contributed by atoms with E-state index < -0.39 is 16.6 Å². The molecule has 0 saturated carbocycles. The third-order valence-corrected chi connectivity index (χ3v) is 5.24. The molecule has 2 rings (SSSR count). The van der Waals surface area contributed by atoms with Gasteiger partial charge in [-0.1, -0.05) is 6.92 Å². The van der Waals surface area contributed by atoms with Crippen molar-refractivity contribution in [3.05, 3.63) is 59.2 Å². The van der Waals surface area contributed by atoms with Crippen LogP contribution in [0.25, 0.3) is 0 Å². The second-order valence-electron chi connectivity index (χ2n) is 7.83. The Bertz CT molecular complexity index is 549. The molecule has 24 heavy (non-hydrogen) atoms. The predicted octanol–water partition coefficient (Wildman–Crippen LogP) is 5.82. The molecule has 0 bridgehead atoms. The summed E-state index contributed by atoms with van der Waals surface area (Å²) in [4.78, 5) is 0. The van der Waals surface area contributed by atoms with Crippen molar-refractivity contribution < 1.29 is 25.9 Å². The van der Waals surface area contributed by atoms with Crippen LogP contribution in [0.5, 0.6) is 0 Å². The first-order chi connectivity index (χ1) is 10.6. The first kappa shape index (κ1) is 23.6. The molecule has 0 unspecified atom stereocenters. The number of hydrogen-bond acceptors (Lipinski definition) is 2. The van der Waals surface area contributed by atoms with Crippen LogP contribution in [0.2, 0.25) is 39.3 Å². The zero-order valence-corrected chi connectivity index (χ0v) is 19.2. The molecule has 0 amide bonds. The zero-order valence-electron chi connectivity index (χ0n) is 16.1. The molecule has 2 aromatic rings. The Hall–Kier alpha value is -0.427. The van der Waals surface area contributed by atoms with Gasteiger partial charge in [0.1, 0.15) is 0 Å². The minimum Gasteiger partial charge on any atom is -0.415 e. The summed E-state index contributed by atoms with van der Waals surface area (Å²) in [7, 11) is -2.65. The van der Waals surface area contributed by atoms with E-state index in [2.05, 4.69) is 76.5 Å². The van der Waals surface area contributed by atoms with Gasteiger partial charge in [-0.15, -0.1) is 11.1 Å². The predicted molar refractivity (Wildman–Crippen MR) is 105 cm³/mol. The molecule has 0 N–H and O–H groups in total. The van der Waals surface area contributed by atoms with Crippen molar-refractivity contribution in [1.82, 2.24) is 0 Å². The average Bonchev–Trinajstić information content (AvgIpc) is 3.04. The molecule has 0 aliphatic rings. The van der Waals surface area contributed by atoms with Crippen LogP contribution in [0, 0.1) is 6.92 Å². The van der Waals surface area contributed by atoms with E-state index in [0.717, 1.165) is 13.2 Å². The maximum Gasteiger partial charge on any atom is 2.00 e. The molecule has 2 nitrogen and oxygen atoms in total.